The Hall–Kier alpha value is -1.10. The fourth-order valence-corrected chi connectivity index (χ4v) is 1.63. The topological polar surface area (TPSA) is 75.6 Å². The van der Waals surface area contributed by atoms with Crippen LogP contribution in [0, 0.1) is 5.92 Å². The van der Waals surface area contributed by atoms with Crippen LogP contribution >= 0.6 is 0 Å². The first-order valence-electron chi connectivity index (χ1n) is 9.34. The van der Waals surface area contributed by atoms with Crippen LogP contribution in [0.25, 0.3) is 0 Å². The zero-order chi connectivity index (χ0) is 19.8. The van der Waals surface area contributed by atoms with Gasteiger partial charge in [-0.15, -0.1) is 0 Å². The van der Waals surface area contributed by atoms with Crippen LogP contribution in [-0.4, -0.2) is 35.2 Å². The van der Waals surface area contributed by atoms with Crippen molar-refractivity contribution >= 4 is 11.9 Å². The van der Waals surface area contributed by atoms with Gasteiger partial charge >= 0.3 is 5.97 Å². The minimum Gasteiger partial charge on any atom is -0.481 e. The molecule has 5 heteroatoms. The third kappa shape index (κ3) is 17.3. The number of aliphatic carboxylic acids is 1. The molecule has 0 spiro atoms. The second-order valence-corrected chi connectivity index (χ2v) is 6.01. The summed E-state index contributed by atoms with van der Waals surface area (Å²) in [7, 11) is 0. The number of amides is 1. The van der Waals surface area contributed by atoms with Crippen LogP contribution < -0.4 is 5.32 Å². The third-order valence-electron chi connectivity index (χ3n) is 3.43. The number of hydrogen-bond donors (Lipinski definition) is 2. The lowest BCUT2D eigenvalue weighted by atomic mass is 10.0. The molecular formula is C19H41NO4. The van der Waals surface area contributed by atoms with Crippen molar-refractivity contribution < 1.29 is 19.4 Å². The number of rotatable bonds is 10. The summed E-state index contributed by atoms with van der Waals surface area (Å²) in [5, 5.41) is 11.6. The predicted octanol–water partition coefficient (Wildman–Crippen LogP) is 4.64. The molecule has 2 unspecified atom stereocenters. The van der Waals surface area contributed by atoms with E-state index < -0.39 is 11.6 Å². The minimum absolute atomic E-state index is 0.0328. The maximum atomic E-state index is 11.7. The van der Waals surface area contributed by atoms with Gasteiger partial charge in [-0.1, -0.05) is 41.5 Å². The Labute approximate surface area is 149 Å². The number of carboxylic acid groups (broad SMARTS) is 1. The molecule has 5 nitrogen and oxygen atoms in total. The second kappa shape index (κ2) is 16.7. The quantitative estimate of drug-likeness (QED) is 0.603. The van der Waals surface area contributed by atoms with E-state index in [9.17, 15) is 9.59 Å². The maximum absolute atomic E-state index is 11.7. The average Bonchev–Trinajstić information content (AvgIpc) is 2.55. The van der Waals surface area contributed by atoms with Gasteiger partial charge in [0.1, 0.15) is 0 Å². The number of nitrogens with one attached hydrogen (secondary N) is 1. The Morgan fingerprint density at radius 3 is 2.04 bits per heavy atom. The Morgan fingerprint density at radius 2 is 1.62 bits per heavy atom. The van der Waals surface area contributed by atoms with Gasteiger partial charge in [0.2, 0.25) is 5.91 Å². The molecule has 0 heterocycles. The summed E-state index contributed by atoms with van der Waals surface area (Å²) in [5.74, 6) is -0.702. The largest absolute Gasteiger partial charge is 0.481 e. The summed E-state index contributed by atoms with van der Waals surface area (Å²) in [6, 6.07) is 0.0618. The van der Waals surface area contributed by atoms with Gasteiger partial charge in [0.15, 0.2) is 0 Å². The molecule has 2 atom stereocenters. The van der Waals surface area contributed by atoms with Crippen LogP contribution in [0.15, 0.2) is 0 Å². The van der Waals surface area contributed by atoms with Gasteiger partial charge in [-0.05, 0) is 40.0 Å². The van der Waals surface area contributed by atoms with E-state index in [1.807, 2.05) is 62.3 Å². The minimum atomic E-state index is -0.809. The molecule has 0 radical (unpaired) electrons. The Bertz CT molecular complexity index is 316. The highest BCUT2D eigenvalue weighted by Gasteiger charge is 2.20. The summed E-state index contributed by atoms with van der Waals surface area (Å²) >= 11 is 0. The van der Waals surface area contributed by atoms with Crippen molar-refractivity contribution in [1.82, 2.24) is 5.32 Å². The van der Waals surface area contributed by atoms with Crippen LogP contribution in [0.4, 0.5) is 0 Å². The van der Waals surface area contributed by atoms with Gasteiger partial charge in [-0.3, -0.25) is 9.59 Å². The zero-order valence-electron chi connectivity index (χ0n) is 17.4. The molecule has 0 aromatic rings. The van der Waals surface area contributed by atoms with E-state index in [4.69, 9.17) is 9.84 Å². The van der Waals surface area contributed by atoms with Crippen LogP contribution in [0.5, 0.6) is 0 Å². The summed E-state index contributed by atoms with van der Waals surface area (Å²) in [6.45, 7) is 18.1. The molecule has 0 bridgehead atoms. The van der Waals surface area contributed by atoms with Crippen molar-refractivity contribution in [2.75, 3.05) is 6.61 Å². The van der Waals surface area contributed by atoms with Crippen LogP contribution in [0.2, 0.25) is 0 Å². The summed E-state index contributed by atoms with van der Waals surface area (Å²) < 4.78 is 5.70. The van der Waals surface area contributed by atoms with Gasteiger partial charge in [0.25, 0.3) is 0 Å². The highest BCUT2D eigenvalue weighted by molar-refractivity contribution is 5.78. The Balaban J connectivity index is -0.00000102. The van der Waals surface area contributed by atoms with Gasteiger partial charge < -0.3 is 15.2 Å². The molecule has 0 fully saturated rings. The lowest BCUT2D eigenvalue weighted by Crippen LogP contribution is -2.37. The molecule has 0 aliphatic heterocycles. The molecule has 0 aromatic heterocycles. The molecule has 0 aromatic carbocycles. The lowest BCUT2D eigenvalue weighted by molar-refractivity contribution is -0.139. The van der Waals surface area contributed by atoms with E-state index in [1.165, 1.54) is 0 Å². The SMILES string of the molecule is CC.CC.CCC(C)C(=O)NC(C)CCOC(C)(C)CCC(=O)O. The van der Waals surface area contributed by atoms with E-state index in [0.29, 0.717) is 13.0 Å². The number of carboxylic acids is 1. The zero-order valence-corrected chi connectivity index (χ0v) is 17.4. The normalized spacial score (nSPS) is 12.7. The van der Waals surface area contributed by atoms with Gasteiger partial charge in [0.05, 0.1) is 5.60 Å². The molecule has 146 valence electrons. The van der Waals surface area contributed by atoms with Crippen LogP contribution in [0.3, 0.4) is 0 Å². The molecular weight excluding hydrogens is 306 g/mol. The van der Waals surface area contributed by atoms with Gasteiger partial charge in [0, 0.05) is 25.0 Å². The van der Waals surface area contributed by atoms with E-state index in [-0.39, 0.29) is 24.3 Å². The first-order chi connectivity index (χ1) is 11.2. The van der Waals surface area contributed by atoms with E-state index in [1.54, 1.807) is 0 Å². The first-order valence-corrected chi connectivity index (χ1v) is 9.34. The van der Waals surface area contributed by atoms with E-state index in [2.05, 4.69) is 5.32 Å². The lowest BCUT2D eigenvalue weighted by Gasteiger charge is -2.26. The number of carbonyl (C=O) groups is 2. The highest BCUT2D eigenvalue weighted by atomic mass is 16.5. The maximum Gasteiger partial charge on any atom is 0.303 e. The summed E-state index contributed by atoms with van der Waals surface area (Å²) in [6.07, 6.45) is 2.14. The highest BCUT2D eigenvalue weighted by Crippen LogP contribution is 2.17. The average molecular weight is 348 g/mol. The molecule has 24 heavy (non-hydrogen) atoms. The Kier molecular flexibility index (Phi) is 19.4. The number of ether oxygens (including phenoxy) is 1. The van der Waals surface area contributed by atoms with Gasteiger partial charge in [-0.2, -0.15) is 0 Å². The summed E-state index contributed by atoms with van der Waals surface area (Å²) in [5.41, 5.74) is -0.446. The van der Waals surface area contributed by atoms with Crippen molar-refractivity contribution in [3.05, 3.63) is 0 Å². The fraction of sp³-hybridized carbons (Fsp3) is 0.895. The first kappa shape index (κ1) is 27.7. The molecule has 0 rings (SSSR count). The number of carbonyl (C=O) groups excluding carboxylic acids is 1. The van der Waals surface area contributed by atoms with Gasteiger partial charge in [-0.25, -0.2) is 0 Å². The summed E-state index contributed by atoms with van der Waals surface area (Å²) in [4.78, 5) is 22.2. The van der Waals surface area contributed by atoms with Crippen molar-refractivity contribution in [1.29, 1.82) is 0 Å². The van der Waals surface area contributed by atoms with Crippen molar-refractivity contribution in [2.45, 2.75) is 99.6 Å². The predicted molar refractivity (Wildman–Crippen MR) is 101 cm³/mol. The van der Waals surface area contributed by atoms with Crippen molar-refractivity contribution in [3.63, 3.8) is 0 Å². The van der Waals surface area contributed by atoms with Crippen LogP contribution in [-0.2, 0) is 14.3 Å². The molecule has 0 saturated carbocycles. The third-order valence-corrected chi connectivity index (χ3v) is 3.43. The number of hydrogen-bond acceptors (Lipinski definition) is 3. The molecule has 0 aliphatic carbocycles. The smallest absolute Gasteiger partial charge is 0.303 e. The Morgan fingerprint density at radius 1 is 1.12 bits per heavy atom. The fourth-order valence-electron chi connectivity index (χ4n) is 1.63. The monoisotopic (exact) mass is 347 g/mol. The standard InChI is InChI=1S/C15H29NO4.2C2H6/c1-6-11(2)14(19)16-12(3)8-10-20-15(4,5)9-7-13(17)18;2*1-2/h11-12H,6-10H2,1-5H3,(H,16,19)(H,17,18);2*1-2H3. The van der Waals surface area contributed by atoms with Crippen molar-refractivity contribution in [2.24, 2.45) is 5.92 Å². The molecule has 0 aliphatic rings. The van der Waals surface area contributed by atoms with E-state index >= 15 is 0 Å². The second-order valence-electron chi connectivity index (χ2n) is 6.01. The molecule has 1 amide bonds. The van der Waals surface area contributed by atoms with E-state index in [0.717, 1.165) is 12.8 Å². The molecule has 0 saturated heterocycles. The van der Waals surface area contributed by atoms with Crippen molar-refractivity contribution in [3.8, 4) is 0 Å². The van der Waals surface area contributed by atoms with Crippen LogP contribution in [0.1, 0.15) is 88.0 Å². The molecule has 2 N–H and O–H groups in total.